The third-order valence-corrected chi connectivity index (χ3v) is 1.92. The first kappa shape index (κ1) is 11.4. The van der Waals surface area contributed by atoms with E-state index in [-0.39, 0.29) is 19.1 Å². The SMILES string of the molecule is C=C(C)[C@@H](CO)C/C=C(\C)CO. The Balaban J connectivity index is 3.96. The summed E-state index contributed by atoms with van der Waals surface area (Å²) in [6.07, 6.45) is 2.70. The molecule has 0 fully saturated rings. The highest BCUT2D eigenvalue weighted by Gasteiger charge is 2.05. The lowest BCUT2D eigenvalue weighted by Crippen LogP contribution is -2.05. The molecule has 2 heteroatoms. The number of rotatable bonds is 5. The van der Waals surface area contributed by atoms with Crippen LogP contribution < -0.4 is 0 Å². The summed E-state index contributed by atoms with van der Waals surface area (Å²) < 4.78 is 0. The van der Waals surface area contributed by atoms with E-state index in [1.54, 1.807) is 0 Å². The molecule has 2 N–H and O–H groups in total. The minimum absolute atomic E-state index is 0.0916. The summed E-state index contributed by atoms with van der Waals surface area (Å²) in [4.78, 5) is 0. The van der Waals surface area contributed by atoms with Gasteiger partial charge in [-0.05, 0) is 20.3 Å². The van der Waals surface area contributed by atoms with Crippen LogP contribution in [0.3, 0.4) is 0 Å². The van der Waals surface area contributed by atoms with E-state index in [1.807, 2.05) is 19.9 Å². The third-order valence-electron chi connectivity index (χ3n) is 1.92. The second-order valence-electron chi connectivity index (χ2n) is 3.17. The average Bonchev–Trinajstić information content (AvgIpc) is 2.04. The first-order valence-electron chi connectivity index (χ1n) is 4.14. The zero-order chi connectivity index (χ0) is 9.56. The normalized spacial score (nSPS) is 14.5. The highest BCUT2D eigenvalue weighted by atomic mass is 16.3. The monoisotopic (exact) mass is 170 g/mol. The van der Waals surface area contributed by atoms with Gasteiger partial charge in [0.2, 0.25) is 0 Å². The maximum absolute atomic E-state index is 8.93. The van der Waals surface area contributed by atoms with Gasteiger partial charge in [-0.3, -0.25) is 0 Å². The van der Waals surface area contributed by atoms with Crippen LogP contribution in [0.1, 0.15) is 20.3 Å². The van der Waals surface area contributed by atoms with Crippen LogP contribution >= 0.6 is 0 Å². The average molecular weight is 170 g/mol. The topological polar surface area (TPSA) is 40.5 Å². The molecule has 0 radical (unpaired) electrons. The minimum Gasteiger partial charge on any atom is -0.396 e. The van der Waals surface area contributed by atoms with E-state index in [0.717, 1.165) is 17.6 Å². The summed E-state index contributed by atoms with van der Waals surface area (Å²) in [6, 6.07) is 0. The molecule has 0 saturated carbocycles. The van der Waals surface area contributed by atoms with Crippen LogP contribution in [0.25, 0.3) is 0 Å². The van der Waals surface area contributed by atoms with E-state index < -0.39 is 0 Å². The predicted octanol–water partition coefficient (Wildman–Crippen LogP) is 1.50. The lowest BCUT2D eigenvalue weighted by atomic mass is 9.98. The van der Waals surface area contributed by atoms with Gasteiger partial charge in [-0.2, -0.15) is 0 Å². The fraction of sp³-hybridized carbons (Fsp3) is 0.600. The second kappa shape index (κ2) is 5.98. The van der Waals surface area contributed by atoms with Gasteiger partial charge in [0.1, 0.15) is 0 Å². The molecule has 0 aromatic rings. The standard InChI is InChI=1S/C10H18O2/c1-8(2)10(7-12)5-4-9(3)6-11/h4,10-12H,1,5-7H2,2-3H3/b9-4+/t10-/m1/s1. The molecule has 0 amide bonds. The van der Waals surface area contributed by atoms with Gasteiger partial charge in [-0.25, -0.2) is 0 Å². The van der Waals surface area contributed by atoms with Crippen LogP contribution in [-0.4, -0.2) is 23.4 Å². The Morgan fingerprint density at radius 3 is 2.33 bits per heavy atom. The van der Waals surface area contributed by atoms with Crippen LogP contribution in [0.2, 0.25) is 0 Å². The van der Waals surface area contributed by atoms with E-state index in [4.69, 9.17) is 10.2 Å². The van der Waals surface area contributed by atoms with Crippen molar-refractivity contribution in [2.24, 2.45) is 5.92 Å². The Kier molecular flexibility index (Phi) is 5.68. The van der Waals surface area contributed by atoms with Crippen molar-refractivity contribution in [3.05, 3.63) is 23.8 Å². The quantitative estimate of drug-likeness (QED) is 0.614. The van der Waals surface area contributed by atoms with Crippen molar-refractivity contribution < 1.29 is 10.2 Å². The molecule has 0 heterocycles. The van der Waals surface area contributed by atoms with Crippen LogP contribution in [-0.2, 0) is 0 Å². The van der Waals surface area contributed by atoms with Crippen molar-refractivity contribution in [2.45, 2.75) is 20.3 Å². The summed E-state index contributed by atoms with van der Waals surface area (Å²) in [5.74, 6) is 0.131. The highest BCUT2D eigenvalue weighted by molar-refractivity contribution is 5.04. The largest absolute Gasteiger partial charge is 0.396 e. The van der Waals surface area contributed by atoms with E-state index in [0.29, 0.717) is 0 Å². The molecule has 0 aliphatic heterocycles. The van der Waals surface area contributed by atoms with E-state index in [1.165, 1.54) is 0 Å². The molecule has 0 bridgehead atoms. The first-order chi connectivity index (χ1) is 5.61. The van der Waals surface area contributed by atoms with Crippen LogP contribution in [0.15, 0.2) is 23.8 Å². The van der Waals surface area contributed by atoms with E-state index in [2.05, 4.69) is 6.58 Å². The Labute approximate surface area is 74.2 Å². The first-order valence-corrected chi connectivity index (χ1v) is 4.14. The zero-order valence-electron chi connectivity index (χ0n) is 7.88. The molecular weight excluding hydrogens is 152 g/mol. The van der Waals surface area contributed by atoms with Gasteiger partial charge in [-0.1, -0.05) is 23.8 Å². The molecule has 0 unspecified atom stereocenters. The maximum atomic E-state index is 8.93. The molecule has 70 valence electrons. The fourth-order valence-electron chi connectivity index (χ4n) is 0.840. The zero-order valence-corrected chi connectivity index (χ0v) is 7.88. The molecule has 0 saturated heterocycles. The van der Waals surface area contributed by atoms with Gasteiger partial charge in [0, 0.05) is 12.5 Å². The summed E-state index contributed by atoms with van der Waals surface area (Å²) in [5, 5.41) is 17.6. The summed E-state index contributed by atoms with van der Waals surface area (Å²) in [5.41, 5.74) is 1.93. The molecule has 0 rings (SSSR count). The van der Waals surface area contributed by atoms with E-state index >= 15 is 0 Å². The van der Waals surface area contributed by atoms with Crippen LogP contribution in [0.4, 0.5) is 0 Å². The van der Waals surface area contributed by atoms with Crippen molar-refractivity contribution in [3.63, 3.8) is 0 Å². The number of aliphatic hydroxyl groups is 2. The lowest BCUT2D eigenvalue weighted by Gasteiger charge is -2.11. The third kappa shape index (κ3) is 4.31. The molecule has 0 aromatic carbocycles. The van der Waals surface area contributed by atoms with Crippen molar-refractivity contribution >= 4 is 0 Å². The molecule has 2 nitrogen and oxygen atoms in total. The molecule has 0 aliphatic carbocycles. The molecule has 12 heavy (non-hydrogen) atoms. The predicted molar refractivity (Wildman–Crippen MR) is 50.8 cm³/mol. The summed E-state index contributed by atoms with van der Waals surface area (Å²) >= 11 is 0. The molecular formula is C10H18O2. The molecule has 0 aliphatic rings. The Bertz CT molecular complexity index is 171. The summed E-state index contributed by atoms with van der Waals surface area (Å²) in [6.45, 7) is 7.77. The van der Waals surface area contributed by atoms with Gasteiger partial charge < -0.3 is 10.2 Å². The van der Waals surface area contributed by atoms with Crippen molar-refractivity contribution in [1.29, 1.82) is 0 Å². The van der Waals surface area contributed by atoms with Gasteiger partial charge in [0.25, 0.3) is 0 Å². The van der Waals surface area contributed by atoms with Crippen molar-refractivity contribution in [3.8, 4) is 0 Å². The van der Waals surface area contributed by atoms with Gasteiger partial charge in [0.05, 0.1) is 6.61 Å². The van der Waals surface area contributed by atoms with Gasteiger partial charge in [-0.15, -0.1) is 0 Å². The number of allylic oxidation sites excluding steroid dienone is 1. The lowest BCUT2D eigenvalue weighted by molar-refractivity contribution is 0.247. The highest BCUT2D eigenvalue weighted by Crippen LogP contribution is 2.13. The second-order valence-corrected chi connectivity index (χ2v) is 3.17. The number of hydrogen-bond donors (Lipinski definition) is 2. The van der Waals surface area contributed by atoms with Crippen molar-refractivity contribution in [1.82, 2.24) is 0 Å². The maximum Gasteiger partial charge on any atom is 0.0639 e. The Morgan fingerprint density at radius 1 is 1.42 bits per heavy atom. The Morgan fingerprint density at radius 2 is 2.00 bits per heavy atom. The Hall–Kier alpha value is -0.600. The smallest absolute Gasteiger partial charge is 0.0639 e. The minimum atomic E-state index is 0.0916. The molecule has 1 atom stereocenters. The van der Waals surface area contributed by atoms with Crippen LogP contribution in [0.5, 0.6) is 0 Å². The number of aliphatic hydroxyl groups excluding tert-OH is 2. The fourth-order valence-corrected chi connectivity index (χ4v) is 0.840. The van der Waals surface area contributed by atoms with Crippen LogP contribution in [0, 0.1) is 5.92 Å². The van der Waals surface area contributed by atoms with Crippen molar-refractivity contribution in [2.75, 3.05) is 13.2 Å². The van der Waals surface area contributed by atoms with Gasteiger partial charge in [0.15, 0.2) is 0 Å². The molecule has 0 spiro atoms. The van der Waals surface area contributed by atoms with Gasteiger partial charge >= 0.3 is 0 Å². The molecule has 0 aromatic heterocycles. The summed E-state index contributed by atoms with van der Waals surface area (Å²) in [7, 11) is 0. The number of hydrogen-bond acceptors (Lipinski definition) is 2. The van der Waals surface area contributed by atoms with E-state index in [9.17, 15) is 0 Å².